The largest absolute Gasteiger partial charge is 0.393 e. The van der Waals surface area contributed by atoms with Crippen LogP contribution in [-0.4, -0.2) is 44.1 Å². The van der Waals surface area contributed by atoms with Crippen LogP contribution >= 0.6 is 0 Å². The Balaban J connectivity index is 1.19. The van der Waals surface area contributed by atoms with E-state index in [0.717, 1.165) is 62.3 Å². The van der Waals surface area contributed by atoms with Crippen LogP contribution < -0.4 is 0 Å². The summed E-state index contributed by atoms with van der Waals surface area (Å²) in [6.45, 7) is 6.95. The van der Waals surface area contributed by atoms with Gasteiger partial charge in [-0.3, -0.25) is 9.36 Å². The normalized spacial score (nSPS) is 44.2. The van der Waals surface area contributed by atoms with Crippen molar-refractivity contribution in [1.82, 2.24) is 4.57 Å². The lowest BCUT2D eigenvalue weighted by Crippen LogP contribution is -2.62. The molecule has 0 aliphatic heterocycles. The van der Waals surface area contributed by atoms with Gasteiger partial charge in [0.05, 0.1) is 23.8 Å². The molecule has 5 heteroatoms. The van der Waals surface area contributed by atoms with E-state index in [4.69, 9.17) is 0 Å². The highest BCUT2D eigenvalue weighted by atomic mass is 16.3. The summed E-state index contributed by atoms with van der Waals surface area (Å²) < 4.78 is 1.79. The molecular weight excluding hydrogens is 462 g/mol. The fourth-order valence-electron chi connectivity index (χ4n) is 10.1. The molecule has 1 aromatic heterocycles. The van der Waals surface area contributed by atoms with Crippen molar-refractivity contribution in [1.29, 1.82) is 0 Å². The number of nitrogens with zero attached hydrogens (tertiary/aromatic N) is 1. The third-order valence-corrected chi connectivity index (χ3v) is 12.2. The molecule has 2 aromatic rings. The minimum absolute atomic E-state index is 0.0983. The molecule has 0 saturated heterocycles. The number of carbonyl (C=O) groups is 1. The Labute approximate surface area is 221 Å². The molecule has 4 aliphatic carbocycles. The quantitative estimate of drug-likeness (QED) is 0.499. The van der Waals surface area contributed by atoms with Crippen molar-refractivity contribution in [2.45, 2.75) is 96.9 Å². The number of rotatable bonds is 4. The molecule has 3 N–H and O–H groups in total. The maximum atomic E-state index is 13.2. The zero-order chi connectivity index (χ0) is 26.1. The van der Waals surface area contributed by atoms with Crippen LogP contribution in [0.4, 0.5) is 0 Å². The van der Waals surface area contributed by atoms with Crippen LogP contribution in [0.5, 0.6) is 0 Å². The molecule has 0 spiro atoms. The summed E-state index contributed by atoms with van der Waals surface area (Å²) in [5.41, 5.74) is 0.846. The van der Waals surface area contributed by atoms with Crippen molar-refractivity contribution in [3.63, 3.8) is 0 Å². The Morgan fingerprint density at radius 2 is 1.81 bits per heavy atom. The fourth-order valence-corrected chi connectivity index (χ4v) is 10.1. The highest BCUT2D eigenvalue weighted by Crippen LogP contribution is 2.68. The molecule has 5 nitrogen and oxygen atoms in total. The van der Waals surface area contributed by atoms with Crippen molar-refractivity contribution in [2.75, 3.05) is 0 Å². The third kappa shape index (κ3) is 3.86. The number of para-hydroxylation sites is 1. The molecule has 1 aromatic carbocycles. The lowest BCUT2D eigenvalue weighted by atomic mass is 9.43. The molecule has 11 atom stereocenters. The second kappa shape index (κ2) is 9.20. The number of aromatic nitrogens is 1. The second-order valence-corrected chi connectivity index (χ2v) is 13.7. The first-order valence-electron chi connectivity index (χ1n) is 14.8. The Hall–Kier alpha value is -1.69. The van der Waals surface area contributed by atoms with Gasteiger partial charge in [-0.2, -0.15) is 0 Å². The van der Waals surface area contributed by atoms with Gasteiger partial charge < -0.3 is 15.3 Å². The zero-order valence-electron chi connectivity index (χ0n) is 22.7. The van der Waals surface area contributed by atoms with Gasteiger partial charge in [-0.25, -0.2) is 0 Å². The molecule has 202 valence electrons. The summed E-state index contributed by atoms with van der Waals surface area (Å²) in [6, 6.07) is 10.0. The average molecular weight is 508 g/mol. The fraction of sp³-hybridized carbons (Fsp3) is 0.719. The van der Waals surface area contributed by atoms with Gasteiger partial charge in [0, 0.05) is 18.0 Å². The number of aliphatic hydroxyl groups excluding tert-OH is 3. The SMILES string of the molecule is C[C@H](CCC(=O)n1ccc2ccccc21)[C@H]1CC[C@H]2[C@@H]3[C@H](O)C[C@@H]4C[C@H](O)CC[C@]4(C)[C@H]3C[C@H](O)[C@]12C. The van der Waals surface area contributed by atoms with Gasteiger partial charge in [0.25, 0.3) is 0 Å². The number of fused-ring (bicyclic) bond motifs is 6. The van der Waals surface area contributed by atoms with Gasteiger partial charge in [-0.15, -0.1) is 0 Å². The number of aliphatic hydroxyl groups is 3. The summed E-state index contributed by atoms with van der Waals surface area (Å²) in [7, 11) is 0. The van der Waals surface area contributed by atoms with Crippen LogP contribution in [0.15, 0.2) is 36.5 Å². The smallest absolute Gasteiger partial charge is 0.231 e. The van der Waals surface area contributed by atoms with E-state index in [9.17, 15) is 20.1 Å². The van der Waals surface area contributed by atoms with E-state index >= 15 is 0 Å². The first-order valence-corrected chi connectivity index (χ1v) is 14.8. The van der Waals surface area contributed by atoms with E-state index < -0.39 is 0 Å². The van der Waals surface area contributed by atoms with Crippen molar-refractivity contribution in [3.8, 4) is 0 Å². The lowest BCUT2D eigenvalue weighted by Gasteiger charge is -2.63. The van der Waals surface area contributed by atoms with Gasteiger partial charge in [0.2, 0.25) is 5.91 Å². The molecule has 1 heterocycles. The lowest BCUT2D eigenvalue weighted by molar-refractivity contribution is -0.207. The van der Waals surface area contributed by atoms with Gasteiger partial charge in [0.1, 0.15) is 0 Å². The van der Waals surface area contributed by atoms with E-state index in [2.05, 4.69) is 20.8 Å². The Morgan fingerprint density at radius 1 is 1.03 bits per heavy atom. The summed E-state index contributed by atoms with van der Waals surface area (Å²) >= 11 is 0. The molecule has 0 bridgehead atoms. The molecule has 4 saturated carbocycles. The van der Waals surface area contributed by atoms with E-state index in [-0.39, 0.29) is 41.0 Å². The van der Waals surface area contributed by atoms with Gasteiger partial charge in [-0.1, -0.05) is 39.0 Å². The highest BCUT2D eigenvalue weighted by molar-refractivity contribution is 5.92. The third-order valence-electron chi connectivity index (χ3n) is 12.2. The van der Waals surface area contributed by atoms with Crippen molar-refractivity contribution in [3.05, 3.63) is 36.5 Å². The van der Waals surface area contributed by atoms with Crippen molar-refractivity contribution in [2.24, 2.45) is 46.3 Å². The Kier molecular flexibility index (Phi) is 6.36. The van der Waals surface area contributed by atoms with Crippen LogP contribution in [0, 0.1) is 46.3 Å². The minimum Gasteiger partial charge on any atom is -0.393 e. The van der Waals surface area contributed by atoms with Gasteiger partial charge in [-0.05, 0) is 110 Å². The summed E-state index contributed by atoms with van der Waals surface area (Å²) in [5, 5.41) is 34.7. The van der Waals surface area contributed by atoms with Gasteiger partial charge >= 0.3 is 0 Å². The molecule has 37 heavy (non-hydrogen) atoms. The van der Waals surface area contributed by atoms with E-state index in [0.29, 0.717) is 36.0 Å². The number of carbonyl (C=O) groups excluding carboxylic acids is 1. The van der Waals surface area contributed by atoms with Crippen LogP contribution in [0.2, 0.25) is 0 Å². The summed E-state index contributed by atoms with van der Waals surface area (Å²) in [5.74, 6) is 2.04. The first-order chi connectivity index (χ1) is 17.6. The highest BCUT2D eigenvalue weighted by Gasteiger charge is 2.65. The standard InChI is InChI=1S/C32H45NO4/c1-19(8-11-29(37)33-15-13-20-6-4-5-7-26(20)33)23-9-10-24-30-25(18-28(36)32(23,24)3)31(2)14-12-22(34)16-21(31)17-27(30)35/h4-7,13,15,19,21-25,27-28,30,34-36H,8-12,14,16-18H2,1-3H3/t19-,21+,22-,23-,24+,25+,27-,28+,30+,31+,32-/m1/s1. The van der Waals surface area contributed by atoms with E-state index in [1.807, 2.05) is 36.5 Å². The van der Waals surface area contributed by atoms with Crippen LogP contribution in [-0.2, 0) is 0 Å². The van der Waals surface area contributed by atoms with Crippen molar-refractivity contribution < 1.29 is 20.1 Å². The number of hydrogen-bond acceptors (Lipinski definition) is 4. The monoisotopic (exact) mass is 507 g/mol. The molecule has 0 amide bonds. The van der Waals surface area contributed by atoms with Gasteiger partial charge in [0.15, 0.2) is 0 Å². The molecule has 6 rings (SSSR count). The molecular formula is C32H45NO4. The Morgan fingerprint density at radius 3 is 2.62 bits per heavy atom. The topological polar surface area (TPSA) is 82.7 Å². The average Bonchev–Trinajstić information content (AvgIpc) is 3.46. The number of hydrogen-bond donors (Lipinski definition) is 3. The Bertz CT molecular complexity index is 1160. The van der Waals surface area contributed by atoms with Crippen LogP contribution in [0.25, 0.3) is 10.9 Å². The summed E-state index contributed by atoms with van der Waals surface area (Å²) in [4.78, 5) is 13.2. The molecule has 4 aliphatic rings. The maximum Gasteiger partial charge on any atom is 0.231 e. The zero-order valence-corrected chi connectivity index (χ0v) is 22.7. The second-order valence-electron chi connectivity index (χ2n) is 13.7. The predicted molar refractivity (Wildman–Crippen MR) is 145 cm³/mol. The van der Waals surface area contributed by atoms with Crippen LogP contribution in [0.3, 0.4) is 0 Å². The van der Waals surface area contributed by atoms with Crippen LogP contribution in [0.1, 0.15) is 83.4 Å². The molecule has 0 unspecified atom stereocenters. The maximum absolute atomic E-state index is 13.2. The van der Waals surface area contributed by atoms with E-state index in [1.165, 1.54) is 0 Å². The molecule has 0 radical (unpaired) electrons. The number of benzene rings is 1. The first kappa shape index (κ1) is 25.6. The predicted octanol–water partition coefficient (Wildman–Crippen LogP) is 5.66. The minimum atomic E-state index is -0.382. The van der Waals surface area contributed by atoms with E-state index in [1.54, 1.807) is 4.57 Å². The molecule has 4 fully saturated rings. The summed E-state index contributed by atoms with van der Waals surface area (Å²) in [6.07, 6.45) is 8.54. The van der Waals surface area contributed by atoms with Crippen molar-refractivity contribution >= 4 is 16.8 Å².